The minimum atomic E-state index is 0.0340. The number of pyridine rings is 1. The predicted octanol–water partition coefficient (Wildman–Crippen LogP) is 2.87. The van der Waals surface area contributed by atoms with Crippen molar-refractivity contribution in [3.05, 3.63) is 23.5 Å². The standard InChI is InChI=1S/C15H25N3O/c1-5-12(6-2)10-18(7-3)15(19)14-8-13(16)9-17-11(14)4/h8-9,12H,5-7,10,16H2,1-4H3. The van der Waals surface area contributed by atoms with Crippen molar-refractivity contribution >= 4 is 11.6 Å². The van der Waals surface area contributed by atoms with E-state index in [0.29, 0.717) is 23.7 Å². The van der Waals surface area contributed by atoms with Gasteiger partial charge < -0.3 is 10.6 Å². The number of carbonyl (C=O) groups excluding carboxylic acids is 1. The van der Waals surface area contributed by atoms with Crippen LogP contribution in [0.5, 0.6) is 0 Å². The monoisotopic (exact) mass is 263 g/mol. The molecule has 0 aliphatic rings. The van der Waals surface area contributed by atoms with Gasteiger partial charge in [0.15, 0.2) is 0 Å². The van der Waals surface area contributed by atoms with Gasteiger partial charge in [0, 0.05) is 13.1 Å². The van der Waals surface area contributed by atoms with Crippen molar-refractivity contribution in [3.8, 4) is 0 Å². The SMILES string of the molecule is CCC(CC)CN(CC)C(=O)c1cc(N)cnc1C. The van der Waals surface area contributed by atoms with E-state index in [1.165, 1.54) is 0 Å². The Kier molecular flexibility index (Phi) is 5.80. The van der Waals surface area contributed by atoms with Crippen LogP contribution in [-0.4, -0.2) is 28.9 Å². The Labute approximate surface area is 116 Å². The molecule has 4 heteroatoms. The Morgan fingerprint density at radius 3 is 2.53 bits per heavy atom. The van der Waals surface area contributed by atoms with Gasteiger partial charge in [-0.2, -0.15) is 0 Å². The molecule has 0 bridgehead atoms. The number of rotatable bonds is 6. The number of nitrogens with two attached hydrogens (primary N) is 1. The summed E-state index contributed by atoms with van der Waals surface area (Å²) < 4.78 is 0. The van der Waals surface area contributed by atoms with E-state index in [2.05, 4.69) is 18.8 Å². The molecule has 1 amide bonds. The first kappa shape index (κ1) is 15.5. The smallest absolute Gasteiger partial charge is 0.255 e. The highest BCUT2D eigenvalue weighted by molar-refractivity contribution is 5.96. The third kappa shape index (κ3) is 3.94. The van der Waals surface area contributed by atoms with E-state index in [-0.39, 0.29) is 5.91 Å². The molecule has 0 saturated heterocycles. The van der Waals surface area contributed by atoms with Gasteiger partial charge >= 0.3 is 0 Å². The fraction of sp³-hybridized carbons (Fsp3) is 0.600. The number of nitrogen functional groups attached to an aromatic ring is 1. The predicted molar refractivity (Wildman–Crippen MR) is 79.0 cm³/mol. The van der Waals surface area contributed by atoms with Crippen LogP contribution in [0.1, 0.15) is 49.7 Å². The average Bonchev–Trinajstić information content (AvgIpc) is 2.42. The van der Waals surface area contributed by atoms with Gasteiger partial charge in [-0.25, -0.2) is 0 Å². The van der Waals surface area contributed by atoms with Crippen LogP contribution < -0.4 is 5.73 Å². The molecule has 0 fully saturated rings. The summed E-state index contributed by atoms with van der Waals surface area (Å²) in [5.74, 6) is 0.588. The lowest BCUT2D eigenvalue weighted by molar-refractivity contribution is 0.0733. The summed E-state index contributed by atoms with van der Waals surface area (Å²) in [4.78, 5) is 18.6. The molecular weight excluding hydrogens is 238 g/mol. The molecule has 1 rings (SSSR count). The van der Waals surface area contributed by atoms with Gasteiger partial charge in [-0.1, -0.05) is 26.7 Å². The zero-order valence-electron chi connectivity index (χ0n) is 12.4. The van der Waals surface area contributed by atoms with E-state index in [4.69, 9.17) is 5.73 Å². The first-order valence-corrected chi connectivity index (χ1v) is 7.04. The van der Waals surface area contributed by atoms with Crippen LogP contribution in [0.25, 0.3) is 0 Å². The largest absolute Gasteiger partial charge is 0.397 e. The number of carbonyl (C=O) groups is 1. The van der Waals surface area contributed by atoms with Crippen molar-refractivity contribution in [1.82, 2.24) is 9.88 Å². The number of aromatic nitrogens is 1. The topological polar surface area (TPSA) is 59.2 Å². The molecule has 4 nitrogen and oxygen atoms in total. The second-order valence-electron chi connectivity index (χ2n) is 4.93. The summed E-state index contributed by atoms with van der Waals surface area (Å²) in [5, 5.41) is 0. The molecule has 0 radical (unpaired) electrons. The zero-order chi connectivity index (χ0) is 14.4. The van der Waals surface area contributed by atoms with Gasteiger partial charge in [0.25, 0.3) is 5.91 Å². The van der Waals surface area contributed by atoms with Gasteiger partial charge in [0.05, 0.1) is 23.1 Å². The Hall–Kier alpha value is -1.58. The molecule has 0 atom stereocenters. The maximum absolute atomic E-state index is 12.5. The van der Waals surface area contributed by atoms with E-state index in [9.17, 15) is 4.79 Å². The summed E-state index contributed by atoms with van der Waals surface area (Å²) in [7, 11) is 0. The van der Waals surface area contributed by atoms with E-state index in [1.54, 1.807) is 12.3 Å². The summed E-state index contributed by atoms with van der Waals surface area (Å²) in [5.41, 5.74) is 7.62. The van der Waals surface area contributed by atoms with Gasteiger partial charge in [0.1, 0.15) is 0 Å². The fourth-order valence-corrected chi connectivity index (χ4v) is 2.15. The van der Waals surface area contributed by atoms with Crippen LogP contribution in [0.3, 0.4) is 0 Å². The molecule has 0 spiro atoms. The quantitative estimate of drug-likeness (QED) is 0.858. The molecule has 0 aromatic carbocycles. The van der Waals surface area contributed by atoms with Crippen molar-refractivity contribution in [1.29, 1.82) is 0 Å². The van der Waals surface area contributed by atoms with Crippen LogP contribution in [0.2, 0.25) is 0 Å². The molecule has 0 saturated carbocycles. The highest BCUT2D eigenvalue weighted by atomic mass is 16.2. The molecule has 1 aromatic rings. The molecular formula is C15H25N3O. The minimum absolute atomic E-state index is 0.0340. The van der Waals surface area contributed by atoms with E-state index in [0.717, 1.165) is 25.1 Å². The van der Waals surface area contributed by atoms with Crippen LogP contribution >= 0.6 is 0 Å². The third-order valence-corrected chi connectivity index (χ3v) is 3.64. The Morgan fingerprint density at radius 2 is 2.00 bits per heavy atom. The molecule has 0 aliphatic carbocycles. The lowest BCUT2D eigenvalue weighted by Crippen LogP contribution is -2.35. The Balaban J connectivity index is 2.92. The number of amides is 1. The molecule has 1 heterocycles. The number of hydrogen-bond acceptors (Lipinski definition) is 3. The molecule has 2 N–H and O–H groups in total. The van der Waals surface area contributed by atoms with Crippen molar-refractivity contribution in [2.24, 2.45) is 5.92 Å². The molecule has 106 valence electrons. The van der Waals surface area contributed by atoms with E-state index in [1.807, 2.05) is 18.7 Å². The summed E-state index contributed by atoms with van der Waals surface area (Å²) in [6, 6.07) is 1.72. The third-order valence-electron chi connectivity index (χ3n) is 3.64. The van der Waals surface area contributed by atoms with Gasteiger partial charge in [-0.05, 0) is 25.8 Å². The Morgan fingerprint density at radius 1 is 1.37 bits per heavy atom. The number of nitrogens with zero attached hydrogens (tertiary/aromatic N) is 2. The van der Waals surface area contributed by atoms with Crippen LogP contribution in [0, 0.1) is 12.8 Å². The maximum atomic E-state index is 12.5. The first-order chi connectivity index (χ1) is 9.03. The van der Waals surface area contributed by atoms with Gasteiger partial charge in [0.2, 0.25) is 0 Å². The summed E-state index contributed by atoms with van der Waals surface area (Å²) >= 11 is 0. The summed E-state index contributed by atoms with van der Waals surface area (Å²) in [6.45, 7) is 9.70. The van der Waals surface area contributed by atoms with Crippen molar-refractivity contribution in [2.45, 2.75) is 40.5 Å². The lowest BCUT2D eigenvalue weighted by Gasteiger charge is -2.26. The molecule has 0 aliphatic heterocycles. The van der Waals surface area contributed by atoms with Crippen molar-refractivity contribution in [3.63, 3.8) is 0 Å². The fourth-order valence-electron chi connectivity index (χ4n) is 2.15. The normalized spacial score (nSPS) is 10.8. The Bertz CT molecular complexity index is 427. The van der Waals surface area contributed by atoms with E-state index >= 15 is 0 Å². The highest BCUT2D eigenvalue weighted by Gasteiger charge is 2.19. The van der Waals surface area contributed by atoms with Crippen molar-refractivity contribution in [2.75, 3.05) is 18.8 Å². The zero-order valence-corrected chi connectivity index (χ0v) is 12.4. The van der Waals surface area contributed by atoms with Gasteiger partial charge in [-0.3, -0.25) is 9.78 Å². The number of anilines is 1. The van der Waals surface area contributed by atoms with Gasteiger partial charge in [-0.15, -0.1) is 0 Å². The first-order valence-electron chi connectivity index (χ1n) is 7.04. The average molecular weight is 263 g/mol. The number of hydrogen-bond donors (Lipinski definition) is 1. The van der Waals surface area contributed by atoms with Crippen LogP contribution in [0.15, 0.2) is 12.3 Å². The molecule has 19 heavy (non-hydrogen) atoms. The second kappa shape index (κ2) is 7.12. The lowest BCUT2D eigenvalue weighted by atomic mass is 10.0. The second-order valence-corrected chi connectivity index (χ2v) is 4.93. The van der Waals surface area contributed by atoms with Crippen LogP contribution in [0.4, 0.5) is 5.69 Å². The van der Waals surface area contributed by atoms with Crippen LogP contribution in [-0.2, 0) is 0 Å². The maximum Gasteiger partial charge on any atom is 0.255 e. The van der Waals surface area contributed by atoms with Crippen molar-refractivity contribution < 1.29 is 4.79 Å². The summed E-state index contributed by atoms with van der Waals surface area (Å²) in [6.07, 6.45) is 3.77. The minimum Gasteiger partial charge on any atom is -0.397 e. The van der Waals surface area contributed by atoms with E-state index < -0.39 is 0 Å². The molecule has 1 aromatic heterocycles. The molecule has 0 unspecified atom stereocenters. The highest BCUT2D eigenvalue weighted by Crippen LogP contribution is 2.16. The number of aryl methyl sites for hydroxylation is 1.